The molecule has 0 bridgehead atoms. The van der Waals surface area contributed by atoms with E-state index in [1.54, 1.807) is 0 Å². The largest absolute Gasteiger partial charge is 0.381 e. The first-order valence-corrected chi connectivity index (χ1v) is 8.28. The third-order valence-corrected chi connectivity index (χ3v) is 4.42. The van der Waals surface area contributed by atoms with Crippen LogP contribution in [0.5, 0.6) is 0 Å². The average Bonchev–Trinajstić information content (AvgIpc) is 3.19. The molecule has 7 heteroatoms. The summed E-state index contributed by atoms with van der Waals surface area (Å²) in [5.74, 6) is 2.15. The molecule has 0 saturated carbocycles. The Morgan fingerprint density at radius 2 is 2.13 bits per heavy atom. The monoisotopic (exact) mass is 319 g/mol. The molecule has 0 unspecified atom stereocenters. The van der Waals surface area contributed by atoms with Gasteiger partial charge in [-0.05, 0) is 25.7 Å². The summed E-state index contributed by atoms with van der Waals surface area (Å²) < 4.78 is 11.0. The van der Waals surface area contributed by atoms with E-state index in [2.05, 4.69) is 39.5 Å². The number of nitrogens with zero attached hydrogens (tertiary/aromatic N) is 3. The molecule has 1 fully saturated rings. The van der Waals surface area contributed by atoms with Crippen LogP contribution in [0.4, 0.5) is 0 Å². The second-order valence-electron chi connectivity index (χ2n) is 6.47. The first kappa shape index (κ1) is 16.1. The van der Waals surface area contributed by atoms with Crippen molar-refractivity contribution in [1.29, 1.82) is 0 Å². The standard InChI is InChI=1S/C16H25N5O2/c1-10(2)15-19-16(23-21-15)14(12-4-6-22-7-5-12)17-8-13-9-18-20-11(13)3/h9-10,12,14,17H,4-8H2,1-3H3,(H,18,20)/t14-/m0/s1. The van der Waals surface area contributed by atoms with E-state index in [1.807, 2.05) is 13.1 Å². The molecule has 1 atom stereocenters. The van der Waals surface area contributed by atoms with Crippen LogP contribution in [0.15, 0.2) is 10.7 Å². The van der Waals surface area contributed by atoms with Crippen LogP contribution in [0, 0.1) is 12.8 Å². The van der Waals surface area contributed by atoms with Crippen molar-refractivity contribution in [2.75, 3.05) is 13.2 Å². The highest BCUT2D eigenvalue weighted by Gasteiger charge is 2.30. The highest BCUT2D eigenvalue weighted by Crippen LogP contribution is 2.30. The molecule has 0 amide bonds. The summed E-state index contributed by atoms with van der Waals surface area (Å²) >= 11 is 0. The van der Waals surface area contributed by atoms with Crippen LogP contribution in [0.1, 0.15) is 61.6 Å². The van der Waals surface area contributed by atoms with Gasteiger partial charge in [-0.3, -0.25) is 5.10 Å². The number of aromatic nitrogens is 4. The molecule has 0 spiro atoms. The zero-order valence-electron chi connectivity index (χ0n) is 14.0. The highest BCUT2D eigenvalue weighted by atomic mass is 16.5. The van der Waals surface area contributed by atoms with Gasteiger partial charge in [-0.15, -0.1) is 0 Å². The Kier molecular flexibility index (Phi) is 5.07. The summed E-state index contributed by atoms with van der Waals surface area (Å²) in [6.45, 7) is 8.47. The molecule has 1 aliphatic rings. The van der Waals surface area contributed by atoms with Crippen molar-refractivity contribution in [2.24, 2.45) is 5.92 Å². The number of aromatic amines is 1. The van der Waals surface area contributed by atoms with Crippen LogP contribution in [0.3, 0.4) is 0 Å². The van der Waals surface area contributed by atoms with Gasteiger partial charge in [-0.25, -0.2) is 0 Å². The summed E-state index contributed by atoms with van der Waals surface area (Å²) in [6, 6.07) is 0.0493. The van der Waals surface area contributed by atoms with Crippen LogP contribution in [0.2, 0.25) is 0 Å². The second-order valence-corrected chi connectivity index (χ2v) is 6.47. The summed E-state index contributed by atoms with van der Waals surface area (Å²) in [6.07, 6.45) is 3.86. The first-order valence-electron chi connectivity index (χ1n) is 8.28. The minimum Gasteiger partial charge on any atom is -0.381 e. The predicted octanol–water partition coefficient (Wildman–Crippen LogP) is 2.48. The minimum atomic E-state index is 0.0493. The van der Waals surface area contributed by atoms with Crippen molar-refractivity contribution in [1.82, 2.24) is 25.7 Å². The van der Waals surface area contributed by atoms with Crippen LogP contribution >= 0.6 is 0 Å². The molecule has 0 aromatic carbocycles. The van der Waals surface area contributed by atoms with Gasteiger partial charge in [0.1, 0.15) is 0 Å². The van der Waals surface area contributed by atoms with Gasteiger partial charge in [-0.2, -0.15) is 10.1 Å². The lowest BCUT2D eigenvalue weighted by molar-refractivity contribution is 0.0485. The molecule has 126 valence electrons. The van der Waals surface area contributed by atoms with Crippen LogP contribution in [-0.4, -0.2) is 33.6 Å². The number of hydrogen-bond donors (Lipinski definition) is 2. The van der Waals surface area contributed by atoms with Gasteiger partial charge in [0.05, 0.1) is 12.2 Å². The van der Waals surface area contributed by atoms with E-state index in [-0.39, 0.29) is 12.0 Å². The Bertz CT molecular complexity index is 616. The van der Waals surface area contributed by atoms with Gasteiger partial charge in [0.25, 0.3) is 0 Å². The predicted molar refractivity (Wildman–Crippen MR) is 84.8 cm³/mol. The Labute approximate surface area is 136 Å². The lowest BCUT2D eigenvalue weighted by Crippen LogP contribution is -2.32. The van der Waals surface area contributed by atoms with E-state index in [9.17, 15) is 0 Å². The number of hydrogen-bond acceptors (Lipinski definition) is 6. The van der Waals surface area contributed by atoms with Crippen molar-refractivity contribution >= 4 is 0 Å². The third kappa shape index (κ3) is 3.79. The first-order chi connectivity index (χ1) is 11.1. The summed E-state index contributed by atoms with van der Waals surface area (Å²) in [5.41, 5.74) is 2.24. The summed E-state index contributed by atoms with van der Waals surface area (Å²) in [7, 11) is 0. The number of H-pyrrole nitrogens is 1. The van der Waals surface area contributed by atoms with Gasteiger partial charge in [0.2, 0.25) is 5.89 Å². The van der Waals surface area contributed by atoms with E-state index in [0.29, 0.717) is 11.8 Å². The van der Waals surface area contributed by atoms with E-state index in [0.717, 1.165) is 49.7 Å². The van der Waals surface area contributed by atoms with Gasteiger partial charge < -0.3 is 14.6 Å². The fraction of sp³-hybridized carbons (Fsp3) is 0.688. The summed E-state index contributed by atoms with van der Waals surface area (Å²) in [5, 5.41) is 14.8. The lowest BCUT2D eigenvalue weighted by Gasteiger charge is -2.28. The van der Waals surface area contributed by atoms with Gasteiger partial charge >= 0.3 is 0 Å². The smallest absolute Gasteiger partial charge is 0.244 e. The summed E-state index contributed by atoms with van der Waals surface area (Å²) in [4.78, 5) is 4.60. The van der Waals surface area contributed by atoms with Crippen molar-refractivity contribution in [3.63, 3.8) is 0 Å². The molecular weight excluding hydrogens is 294 g/mol. The maximum atomic E-state index is 5.55. The molecule has 1 saturated heterocycles. The SMILES string of the molecule is Cc1[nH]ncc1CN[C@H](c1nc(C(C)C)no1)C1CCOCC1. The minimum absolute atomic E-state index is 0.0493. The van der Waals surface area contributed by atoms with Gasteiger partial charge in [-0.1, -0.05) is 19.0 Å². The van der Waals surface area contributed by atoms with E-state index in [4.69, 9.17) is 9.26 Å². The topological polar surface area (TPSA) is 88.9 Å². The third-order valence-electron chi connectivity index (χ3n) is 4.42. The van der Waals surface area contributed by atoms with E-state index < -0.39 is 0 Å². The Morgan fingerprint density at radius 1 is 1.35 bits per heavy atom. The van der Waals surface area contributed by atoms with E-state index >= 15 is 0 Å². The molecule has 1 aliphatic heterocycles. The molecule has 0 aliphatic carbocycles. The molecule has 23 heavy (non-hydrogen) atoms. The molecule has 3 rings (SSSR count). The van der Waals surface area contributed by atoms with Crippen molar-refractivity contribution in [3.05, 3.63) is 29.2 Å². The van der Waals surface area contributed by atoms with Crippen LogP contribution < -0.4 is 5.32 Å². The Morgan fingerprint density at radius 3 is 2.74 bits per heavy atom. The Hall–Kier alpha value is -1.73. The van der Waals surface area contributed by atoms with Crippen molar-refractivity contribution in [2.45, 2.75) is 52.1 Å². The number of nitrogens with one attached hydrogen (secondary N) is 2. The fourth-order valence-electron chi connectivity index (χ4n) is 2.89. The van der Waals surface area contributed by atoms with E-state index in [1.165, 1.54) is 0 Å². The second kappa shape index (κ2) is 7.23. The van der Waals surface area contributed by atoms with Gasteiger partial charge in [0.15, 0.2) is 5.82 Å². The number of aryl methyl sites for hydroxylation is 1. The van der Waals surface area contributed by atoms with Crippen molar-refractivity contribution in [3.8, 4) is 0 Å². The molecule has 3 heterocycles. The quantitative estimate of drug-likeness (QED) is 0.850. The number of ether oxygens (including phenoxy) is 1. The zero-order chi connectivity index (χ0) is 16.2. The molecule has 2 aromatic rings. The van der Waals surface area contributed by atoms with Crippen molar-refractivity contribution < 1.29 is 9.26 Å². The maximum Gasteiger partial charge on any atom is 0.244 e. The molecule has 0 radical (unpaired) electrons. The zero-order valence-corrected chi connectivity index (χ0v) is 14.0. The van der Waals surface area contributed by atoms with Crippen LogP contribution in [0.25, 0.3) is 0 Å². The molecule has 2 aromatic heterocycles. The molecule has 2 N–H and O–H groups in total. The molecular formula is C16H25N5O2. The van der Waals surface area contributed by atoms with Crippen LogP contribution in [-0.2, 0) is 11.3 Å². The number of rotatable bonds is 6. The normalized spacial score (nSPS) is 17.7. The average molecular weight is 319 g/mol. The lowest BCUT2D eigenvalue weighted by atomic mass is 9.91. The highest BCUT2D eigenvalue weighted by molar-refractivity contribution is 5.14. The Balaban J connectivity index is 1.76. The fourth-order valence-corrected chi connectivity index (χ4v) is 2.89. The maximum absolute atomic E-state index is 5.55. The molecule has 7 nitrogen and oxygen atoms in total. The van der Waals surface area contributed by atoms with Gasteiger partial charge in [0, 0.05) is 36.9 Å².